The molecular formula is C7H16N2O2. The van der Waals surface area contributed by atoms with Gasteiger partial charge in [-0.25, -0.2) is 5.01 Å². The second kappa shape index (κ2) is 4.66. The fourth-order valence-electron chi connectivity index (χ4n) is 1.24. The fourth-order valence-corrected chi connectivity index (χ4v) is 1.24. The first-order valence-electron chi connectivity index (χ1n) is 4.01. The third kappa shape index (κ3) is 2.75. The summed E-state index contributed by atoms with van der Waals surface area (Å²) in [6.07, 6.45) is 0.930. The highest BCUT2D eigenvalue weighted by Gasteiger charge is 2.18. The summed E-state index contributed by atoms with van der Waals surface area (Å²) in [7, 11) is 1.90. The molecule has 1 aliphatic rings. The van der Waals surface area contributed by atoms with Gasteiger partial charge in [0, 0.05) is 19.7 Å². The van der Waals surface area contributed by atoms with Crippen LogP contribution in [0.1, 0.15) is 6.42 Å². The molecular weight excluding hydrogens is 144 g/mol. The summed E-state index contributed by atoms with van der Waals surface area (Å²) in [6, 6.07) is 0. The molecule has 0 aromatic rings. The van der Waals surface area contributed by atoms with E-state index in [-0.39, 0.29) is 12.7 Å². The third-order valence-electron chi connectivity index (χ3n) is 1.91. The predicted octanol–water partition coefficient (Wildman–Crippen LogP) is -0.796. The lowest BCUT2D eigenvalue weighted by Crippen LogP contribution is -2.48. The summed E-state index contributed by atoms with van der Waals surface area (Å²) in [5.74, 6) is 0. The monoisotopic (exact) mass is 160 g/mol. The minimum Gasteiger partial charge on any atom is -0.396 e. The van der Waals surface area contributed by atoms with Gasteiger partial charge in [0.15, 0.2) is 0 Å². The van der Waals surface area contributed by atoms with Crippen molar-refractivity contribution >= 4 is 0 Å². The van der Waals surface area contributed by atoms with Crippen LogP contribution in [-0.4, -0.2) is 49.6 Å². The van der Waals surface area contributed by atoms with E-state index in [0.717, 1.165) is 26.1 Å². The Labute approximate surface area is 67.1 Å². The average Bonchev–Trinajstić information content (AvgIpc) is 2.06. The fraction of sp³-hybridized carbons (Fsp3) is 1.00. The zero-order valence-electron chi connectivity index (χ0n) is 6.92. The van der Waals surface area contributed by atoms with Crippen molar-refractivity contribution in [2.75, 3.05) is 33.4 Å². The molecule has 1 fully saturated rings. The maximum Gasteiger partial charge on any atom is 0.0738 e. The minimum absolute atomic E-state index is 0.196. The topological polar surface area (TPSA) is 44.7 Å². The summed E-state index contributed by atoms with van der Waals surface area (Å²) >= 11 is 0. The van der Waals surface area contributed by atoms with E-state index in [2.05, 4.69) is 10.4 Å². The largest absolute Gasteiger partial charge is 0.396 e. The average molecular weight is 160 g/mol. The molecule has 4 heteroatoms. The van der Waals surface area contributed by atoms with Crippen LogP contribution >= 0.6 is 0 Å². The van der Waals surface area contributed by atoms with E-state index >= 15 is 0 Å². The highest BCUT2D eigenvalue weighted by atomic mass is 16.5. The minimum atomic E-state index is 0.196. The lowest BCUT2D eigenvalue weighted by molar-refractivity contribution is -0.0522. The molecule has 1 heterocycles. The van der Waals surface area contributed by atoms with Crippen molar-refractivity contribution in [2.45, 2.75) is 12.5 Å². The van der Waals surface area contributed by atoms with Crippen molar-refractivity contribution in [2.24, 2.45) is 0 Å². The third-order valence-corrected chi connectivity index (χ3v) is 1.91. The number of rotatable bonds is 3. The highest BCUT2D eigenvalue weighted by molar-refractivity contribution is 4.67. The molecule has 0 bridgehead atoms. The molecule has 1 rings (SSSR count). The Hall–Kier alpha value is -0.160. The van der Waals surface area contributed by atoms with Gasteiger partial charge < -0.3 is 9.84 Å². The molecule has 1 aliphatic heterocycles. The van der Waals surface area contributed by atoms with Gasteiger partial charge in [-0.2, -0.15) is 0 Å². The lowest BCUT2D eigenvalue weighted by atomic mass is 10.2. The van der Waals surface area contributed by atoms with E-state index in [1.165, 1.54) is 0 Å². The number of morpholine rings is 1. The van der Waals surface area contributed by atoms with Crippen molar-refractivity contribution in [3.8, 4) is 0 Å². The van der Waals surface area contributed by atoms with Crippen molar-refractivity contribution in [3.05, 3.63) is 0 Å². The molecule has 11 heavy (non-hydrogen) atoms. The highest BCUT2D eigenvalue weighted by Crippen LogP contribution is 2.05. The molecule has 0 amide bonds. The van der Waals surface area contributed by atoms with Crippen LogP contribution in [0.2, 0.25) is 0 Å². The first-order chi connectivity index (χ1) is 5.36. The number of hydrogen-bond acceptors (Lipinski definition) is 4. The summed E-state index contributed by atoms with van der Waals surface area (Å²) in [4.78, 5) is 0. The van der Waals surface area contributed by atoms with E-state index in [4.69, 9.17) is 9.84 Å². The number of hydrazine groups is 1. The second-order valence-corrected chi connectivity index (χ2v) is 2.67. The predicted molar refractivity (Wildman–Crippen MR) is 42.1 cm³/mol. The van der Waals surface area contributed by atoms with Gasteiger partial charge in [-0.15, -0.1) is 0 Å². The molecule has 0 radical (unpaired) electrons. The molecule has 0 saturated carbocycles. The van der Waals surface area contributed by atoms with Crippen LogP contribution in [0.25, 0.3) is 0 Å². The van der Waals surface area contributed by atoms with Gasteiger partial charge in [0.1, 0.15) is 0 Å². The molecule has 4 nitrogen and oxygen atoms in total. The quantitative estimate of drug-likeness (QED) is 0.567. The molecule has 1 atom stereocenters. The van der Waals surface area contributed by atoms with Crippen molar-refractivity contribution in [1.29, 1.82) is 0 Å². The zero-order chi connectivity index (χ0) is 8.10. The number of hydrogen-bond donors (Lipinski definition) is 2. The van der Waals surface area contributed by atoms with Gasteiger partial charge in [-0.1, -0.05) is 0 Å². The Morgan fingerprint density at radius 3 is 3.18 bits per heavy atom. The van der Waals surface area contributed by atoms with Gasteiger partial charge in [0.25, 0.3) is 0 Å². The van der Waals surface area contributed by atoms with E-state index in [0.29, 0.717) is 0 Å². The molecule has 1 unspecified atom stereocenters. The van der Waals surface area contributed by atoms with Crippen LogP contribution in [-0.2, 0) is 4.74 Å². The van der Waals surface area contributed by atoms with Crippen LogP contribution in [0.15, 0.2) is 0 Å². The second-order valence-electron chi connectivity index (χ2n) is 2.67. The van der Waals surface area contributed by atoms with Crippen LogP contribution in [0.3, 0.4) is 0 Å². The Balaban J connectivity index is 2.21. The van der Waals surface area contributed by atoms with Crippen molar-refractivity contribution < 1.29 is 9.84 Å². The molecule has 1 saturated heterocycles. The van der Waals surface area contributed by atoms with Crippen molar-refractivity contribution in [3.63, 3.8) is 0 Å². The van der Waals surface area contributed by atoms with Crippen LogP contribution in [0.4, 0.5) is 0 Å². The molecule has 0 aromatic heterocycles. The Morgan fingerprint density at radius 2 is 2.55 bits per heavy atom. The number of ether oxygens (including phenoxy) is 1. The Kier molecular flexibility index (Phi) is 3.79. The zero-order valence-corrected chi connectivity index (χ0v) is 6.92. The lowest BCUT2D eigenvalue weighted by Gasteiger charge is -2.31. The van der Waals surface area contributed by atoms with E-state index in [9.17, 15) is 0 Å². The van der Waals surface area contributed by atoms with E-state index in [1.807, 2.05) is 7.05 Å². The van der Waals surface area contributed by atoms with Gasteiger partial charge in [0.2, 0.25) is 0 Å². The number of nitrogens with one attached hydrogen (secondary N) is 1. The standard InChI is InChI=1S/C7H16N2O2/c1-8-9-3-5-11-7(6-9)2-4-10/h7-8,10H,2-6H2,1H3. The Bertz CT molecular complexity index is 109. The smallest absolute Gasteiger partial charge is 0.0738 e. The molecule has 0 aromatic carbocycles. The molecule has 0 aliphatic carbocycles. The molecule has 66 valence electrons. The molecule has 2 N–H and O–H groups in total. The van der Waals surface area contributed by atoms with Gasteiger partial charge in [-0.3, -0.25) is 5.43 Å². The number of nitrogens with zero attached hydrogens (tertiary/aromatic N) is 1. The maximum atomic E-state index is 8.66. The van der Waals surface area contributed by atoms with Gasteiger partial charge >= 0.3 is 0 Å². The summed E-state index contributed by atoms with van der Waals surface area (Å²) < 4.78 is 5.41. The van der Waals surface area contributed by atoms with E-state index in [1.54, 1.807) is 0 Å². The first-order valence-corrected chi connectivity index (χ1v) is 4.01. The van der Waals surface area contributed by atoms with Crippen LogP contribution < -0.4 is 5.43 Å². The maximum absolute atomic E-state index is 8.66. The molecule has 0 spiro atoms. The number of aliphatic hydroxyl groups excluding tert-OH is 1. The Morgan fingerprint density at radius 1 is 1.73 bits per heavy atom. The van der Waals surface area contributed by atoms with E-state index < -0.39 is 0 Å². The summed E-state index contributed by atoms with van der Waals surface area (Å²) in [6.45, 7) is 2.77. The van der Waals surface area contributed by atoms with Crippen LogP contribution in [0.5, 0.6) is 0 Å². The van der Waals surface area contributed by atoms with Crippen LogP contribution in [0, 0.1) is 0 Å². The summed E-state index contributed by atoms with van der Waals surface area (Å²) in [5, 5.41) is 10.8. The SMILES string of the molecule is CNN1CCOC(CCO)C1. The normalized spacial score (nSPS) is 27.3. The number of aliphatic hydroxyl groups is 1. The first kappa shape index (κ1) is 8.93. The van der Waals surface area contributed by atoms with Crippen molar-refractivity contribution in [1.82, 2.24) is 10.4 Å². The summed E-state index contributed by atoms with van der Waals surface area (Å²) in [5.41, 5.74) is 3.06. The van der Waals surface area contributed by atoms with Gasteiger partial charge in [-0.05, 0) is 13.5 Å². The van der Waals surface area contributed by atoms with Gasteiger partial charge in [0.05, 0.1) is 12.7 Å².